The first kappa shape index (κ1) is 11.5. The molecule has 1 fully saturated rings. The summed E-state index contributed by atoms with van der Waals surface area (Å²) >= 11 is 0. The molecule has 1 N–H and O–H groups in total. The monoisotopic (exact) mass is 245 g/mol. The van der Waals surface area contributed by atoms with Gasteiger partial charge in [-0.1, -0.05) is 0 Å². The van der Waals surface area contributed by atoms with Crippen molar-refractivity contribution in [2.75, 3.05) is 6.54 Å². The van der Waals surface area contributed by atoms with Crippen molar-refractivity contribution < 1.29 is 0 Å². The summed E-state index contributed by atoms with van der Waals surface area (Å²) in [4.78, 5) is 4.29. The maximum atomic E-state index is 4.29. The number of aryl methyl sites for hydroxylation is 3. The molecule has 2 aromatic heterocycles. The van der Waals surface area contributed by atoms with Gasteiger partial charge in [-0.05, 0) is 25.5 Å². The third kappa shape index (κ3) is 2.18. The van der Waals surface area contributed by atoms with E-state index in [1.807, 2.05) is 30.5 Å². The lowest BCUT2D eigenvalue weighted by molar-refractivity contribution is 0.553. The Kier molecular flexibility index (Phi) is 3.15. The van der Waals surface area contributed by atoms with Gasteiger partial charge in [0.15, 0.2) is 0 Å². The molecule has 0 aliphatic carbocycles. The van der Waals surface area contributed by atoms with Crippen LogP contribution in [0.3, 0.4) is 0 Å². The van der Waals surface area contributed by atoms with E-state index in [9.17, 15) is 0 Å². The van der Waals surface area contributed by atoms with E-state index in [-0.39, 0.29) is 0 Å². The number of rotatable bonds is 4. The molecule has 0 aromatic carbocycles. The number of nitrogens with one attached hydrogen (secondary N) is 1. The molecule has 0 amide bonds. The standard InChI is InChI=1S/C13H19N5/c1-17-11(4-7-16-17)5-8-18-10-14-9-13(18)12-3-2-6-15-12/h4,7,9-10,12,15H,2-3,5-6,8H2,1H3/t12-/m0/s1. The highest BCUT2D eigenvalue weighted by molar-refractivity contribution is 5.08. The fraction of sp³-hybridized carbons (Fsp3) is 0.538. The Hall–Kier alpha value is -1.62. The first-order valence-corrected chi connectivity index (χ1v) is 6.55. The molecule has 0 unspecified atom stereocenters. The average molecular weight is 245 g/mol. The number of nitrogens with zero attached hydrogens (tertiary/aromatic N) is 4. The van der Waals surface area contributed by atoms with Crippen molar-refractivity contribution in [3.8, 4) is 0 Å². The van der Waals surface area contributed by atoms with Gasteiger partial charge in [-0.2, -0.15) is 5.10 Å². The average Bonchev–Trinajstić information content (AvgIpc) is 3.07. The fourth-order valence-corrected chi connectivity index (χ4v) is 2.63. The zero-order chi connectivity index (χ0) is 12.4. The molecule has 0 radical (unpaired) electrons. The van der Waals surface area contributed by atoms with Crippen LogP contribution in [0.25, 0.3) is 0 Å². The highest BCUT2D eigenvalue weighted by Gasteiger charge is 2.19. The van der Waals surface area contributed by atoms with Crippen LogP contribution in [0.5, 0.6) is 0 Å². The second-order valence-corrected chi connectivity index (χ2v) is 4.86. The molecular formula is C13H19N5. The molecule has 0 saturated carbocycles. The molecule has 1 atom stereocenters. The van der Waals surface area contributed by atoms with E-state index in [2.05, 4.69) is 26.0 Å². The van der Waals surface area contributed by atoms with Crippen LogP contribution in [0.15, 0.2) is 24.8 Å². The van der Waals surface area contributed by atoms with Crippen LogP contribution < -0.4 is 5.32 Å². The molecule has 3 rings (SSSR count). The van der Waals surface area contributed by atoms with E-state index in [1.165, 1.54) is 24.2 Å². The van der Waals surface area contributed by atoms with Gasteiger partial charge in [0.2, 0.25) is 0 Å². The van der Waals surface area contributed by atoms with Crippen molar-refractivity contribution in [2.45, 2.75) is 31.8 Å². The second-order valence-electron chi connectivity index (χ2n) is 4.86. The summed E-state index contributed by atoms with van der Waals surface area (Å²) in [6.07, 6.45) is 9.25. The van der Waals surface area contributed by atoms with Gasteiger partial charge in [0, 0.05) is 44.1 Å². The minimum Gasteiger partial charge on any atom is -0.333 e. The summed E-state index contributed by atoms with van der Waals surface area (Å²) in [6.45, 7) is 2.09. The Balaban J connectivity index is 1.69. The molecule has 96 valence electrons. The van der Waals surface area contributed by atoms with Gasteiger partial charge < -0.3 is 9.88 Å². The lowest BCUT2D eigenvalue weighted by atomic mass is 10.1. The van der Waals surface area contributed by atoms with E-state index in [0.717, 1.165) is 19.5 Å². The molecule has 18 heavy (non-hydrogen) atoms. The van der Waals surface area contributed by atoms with Crippen molar-refractivity contribution in [1.82, 2.24) is 24.6 Å². The molecule has 1 aliphatic rings. The minimum atomic E-state index is 0.485. The van der Waals surface area contributed by atoms with Crippen molar-refractivity contribution in [2.24, 2.45) is 7.05 Å². The van der Waals surface area contributed by atoms with Gasteiger partial charge in [-0.25, -0.2) is 4.98 Å². The Morgan fingerprint density at radius 1 is 1.50 bits per heavy atom. The summed E-state index contributed by atoms with van der Waals surface area (Å²) in [6, 6.07) is 2.56. The number of aromatic nitrogens is 4. The van der Waals surface area contributed by atoms with Gasteiger partial charge in [-0.15, -0.1) is 0 Å². The zero-order valence-corrected chi connectivity index (χ0v) is 10.7. The van der Waals surface area contributed by atoms with Gasteiger partial charge in [0.05, 0.1) is 12.0 Å². The largest absolute Gasteiger partial charge is 0.333 e. The molecule has 0 spiro atoms. The van der Waals surface area contributed by atoms with E-state index < -0.39 is 0 Å². The van der Waals surface area contributed by atoms with Crippen molar-refractivity contribution in [3.05, 3.63) is 36.2 Å². The molecule has 1 saturated heterocycles. The highest BCUT2D eigenvalue weighted by atomic mass is 15.3. The van der Waals surface area contributed by atoms with Gasteiger partial charge in [0.1, 0.15) is 0 Å². The number of hydrogen-bond acceptors (Lipinski definition) is 3. The Morgan fingerprint density at radius 3 is 3.17 bits per heavy atom. The normalized spacial score (nSPS) is 19.5. The zero-order valence-electron chi connectivity index (χ0n) is 10.7. The van der Waals surface area contributed by atoms with Gasteiger partial charge in [0.25, 0.3) is 0 Å². The van der Waals surface area contributed by atoms with Crippen LogP contribution >= 0.6 is 0 Å². The fourth-order valence-electron chi connectivity index (χ4n) is 2.63. The minimum absolute atomic E-state index is 0.485. The summed E-state index contributed by atoms with van der Waals surface area (Å²) < 4.78 is 4.19. The maximum absolute atomic E-state index is 4.29. The third-order valence-electron chi connectivity index (χ3n) is 3.69. The van der Waals surface area contributed by atoms with E-state index in [0.29, 0.717) is 6.04 Å². The Morgan fingerprint density at radius 2 is 2.44 bits per heavy atom. The SMILES string of the molecule is Cn1nccc1CCn1cncc1[C@@H]1CCCN1. The number of imidazole rings is 1. The summed E-state index contributed by atoms with van der Waals surface area (Å²) in [7, 11) is 1.99. The summed E-state index contributed by atoms with van der Waals surface area (Å²) in [5, 5.41) is 7.72. The van der Waals surface area contributed by atoms with Crippen molar-refractivity contribution >= 4 is 0 Å². The first-order chi connectivity index (χ1) is 8.84. The Bertz CT molecular complexity index is 507. The smallest absolute Gasteiger partial charge is 0.0948 e. The van der Waals surface area contributed by atoms with Crippen LogP contribution in [-0.4, -0.2) is 25.9 Å². The van der Waals surface area contributed by atoms with E-state index in [1.54, 1.807) is 0 Å². The maximum Gasteiger partial charge on any atom is 0.0948 e. The molecule has 3 heterocycles. The van der Waals surface area contributed by atoms with Crippen LogP contribution in [0.1, 0.15) is 30.3 Å². The molecule has 5 heteroatoms. The predicted molar refractivity (Wildman–Crippen MR) is 69.1 cm³/mol. The van der Waals surface area contributed by atoms with Crippen molar-refractivity contribution in [3.63, 3.8) is 0 Å². The summed E-state index contributed by atoms with van der Waals surface area (Å²) in [5.74, 6) is 0. The molecule has 5 nitrogen and oxygen atoms in total. The molecular weight excluding hydrogens is 226 g/mol. The van der Waals surface area contributed by atoms with Gasteiger partial charge in [-0.3, -0.25) is 4.68 Å². The lowest BCUT2D eigenvalue weighted by Crippen LogP contribution is -2.17. The van der Waals surface area contributed by atoms with E-state index in [4.69, 9.17) is 0 Å². The number of hydrogen-bond donors (Lipinski definition) is 1. The van der Waals surface area contributed by atoms with Crippen LogP contribution in [0, 0.1) is 0 Å². The Labute approximate surface area is 107 Å². The predicted octanol–water partition coefficient (Wildman–Crippen LogP) is 1.28. The third-order valence-corrected chi connectivity index (χ3v) is 3.69. The quantitative estimate of drug-likeness (QED) is 0.883. The second kappa shape index (κ2) is 4.94. The highest BCUT2D eigenvalue weighted by Crippen LogP contribution is 2.22. The van der Waals surface area contributed by atoms with Gasteiger partial charge >= 0.3 is 0 Å². The molecule has 2 aromatic rings. The van der Waals surface area contributed by atoms with Crippen LogP contribution in [0.4, 0.5) is 0 Å². The molecule has 1 aliphatic heterocycles. The summed E-state index contributed by atoms with van der Waals surface area (Å²) in [5.41, 5.74) is 2.57. The topological polar surface area (TPSA) is 47.7 Å². The molecule has 0 bridgehead atoms. The van der Waals surface area contributed by atoms with Crippen LogP contribution in [0.2, 0.25) is 0 Å². The van der Waals surface area contributed by atoms with Crippen LogP contribution in [-0.2, 0) is 20.0 Å². The first-order valence-electron chi connectivity index (χ1n) is 6.55. The van der Waals surface area contributed by atoms with Crippen molar-refractivity contribution in [1.29, 1.82) is 0 Å². The lowest BCUT2D eigenvalue weighted by Gasteiger charge is -2.13. The van der Waals surface area contributed by atoms with E-state index >= 15 is 0 Å².